The van der Waals surface area contributed by atoms with Crippen molar-refractivity contribution in [2.45, 2.75) is 39.5 Å². The molecule has 2 heterocycles. The standard InChI is InChI=1S/C16H26N4O/c1-3-10-19(11-4-2)15(21)14-7-5-12-20(13-14)16-17-8-6-9-18-16/h6,8-9,14H,3-5,7,10-13H2,1-2H3. The first-order chi connectivity index (χ1) is 10.3. The predicted octanol–water partition coefficient (Wildman–Crippen LogP) is 2.34. The van der Waals surface area contributed by atoms with Crippen LogP contribution in [-0.4, -0.2) is 47.0 Å². The van der Waals surface area contributed by atoms with Crippen LogP contribution in [0.15, 0.2) is 18.5 Å². The quantitative estimate of drug-likeness (QED) is 0.807. The molecule has 1 aromatic heterocycles. The zero-order valence-electron chi connectivity index (χ0n) is 13.2. The summed E-state index contributed by atoms with van der Waals surface area (Å²) in [5, 5.41) is 0. The van der Waals surface area contributed by atoms with Crippen LogP contribution in [0.3, 0.4) is 0 Å². The van der Waals surface area contributed by atoms with E-state index < -0.39 is 0 Å². The van der Waals surface area contributed by atoms with Crippen LogP contribution < -0.4 is 4.90 Å². The molecule has 1 fully saturated rings. The first-order valence-electron chi connectivity index (χ1n) is 8.07. The van der Waals surface area contributed by atoms with Gasteiger partial charge in [-0.1, -0.05) is 13.8 Å². The molecule has 2 rings (SSSR count). The number of amides is 1. The van der Waals surface area contributed by atoms with E-state index >= 15 is 0 Å². The molecular formula is C16H26N4O. The van der Waals surface area contributed by atoms with E-state index in [1.807, 2.05) is 11.0 Å². The third kappa shape index (κ3) is 4.16. The molecule has 0 spiro atoms. The lowest BCUT2D eigenvalue weighted by molar-refractivity contribution is -0.135. The van der Waals surface area contributed by atoms with Gasteiger partial charge in [0, 0.05) is 38.6 Å². The minimum Gasteiger partial charge on any atom is -0.342 e. The number of aromatic nitrogens is 2. The van der Waals surface area contributed by atoms with Crippen molar-refractivity contribution in [3.8, 4) is 0 Å². The Labute approximate surface area is 127 Å². The summed E-state index contributed by atoms with van der Waals surface area (Å²) in [7, 11) is 0. The average molecular weight is 290 g/mol. The van der Waals surface area contributed by atoms with E-state index in [9.17, 15) is 4.79 Å². The summed E-state index contributed by atoms with van der Waals surface area (Å²) in [6.07, 6.45) is 7.56. The molecule has 21 heavy (non-hydrogen) atoms. The van der Waals surface area contributed by atoms with Gasteiger partial charge in [0.15, 0.2) is 0 Å². The highest BCUT2D eigenvalue weighted by Crippen LogP contribution is 2.22. The van der Waals surface area contributed by atoms with E-state index in [1.165, 1.54) is 0 Å². The molecule has 5 heteroatoms. The number of carbonyl (C=O) groups excluding carboxylic acids is 1. The van der Waals surface area contributed by atoms with Gasteiger partial charge in [-0.05, 0) is 31.7 Å². The van der Waals surface area contributed by atoms with Gasteiger partial charge in [-0.25, -0.2) is 9.97 Å². The van der Waals surface area contributed by atoms with E-state index in [2.05, 4.69) is 28.7 Å². The van der Waals surface area contributed by atoms with Crippen LogP contribution >= 0.6 is 0 Å². The Hall–Kier alpha value is -1.65. The Morgan fingerprint density at radius 2 is 1.95 bits per heavy atom. The van der Waals surface area contributed by atoms with Gasteiger partial charge in [-0.3, -0.25) is 4.79 Å². The molecule has 0 aromatic carbocycles. The van der Waals surface area contributed by atoms with Gasteiger partial charge < -0.3 is 9.80 Å². The molecule has 0 bridgehead atoms. The SMILES string of the molecule is CCCN(CCC)C(=O)C1CCCN(c2ncccn2)C1. The molecule has 1 aliphatic rings. The Balaban J connectivity index is 2.01. The van der Waals surface area contributed by atoms with Crippen molar-refractivity contribution < 1.29 is 4.79 Å². The second kappa shape index (κ2) is 7.96. The molecule has 0 saturated carbocycles. The molecule has 1 atom stereocenters. The minimum atomic E-state index is 0.0839. The summed E-state index contributed by atoms with van der Waals surface area (Å²) in [5.74, 6) is 1.13. The van der Waals surface area contributed by atoms with Crippen LogP contribution in [0, 0.1) is 5.92 Å². The Morgan fingerprint density at radius 3 is 2.57 bits per heavy atom. The maximum absolute atomic E-state index is 12.7. The molecule has 0 N–H and O–H groups in total. The van der Waals surface area contributed by atoms with Gasteiger partial charge in [0.2, 0.25) is 11.9 Å². The van der Waals surface area contributed by atoms with E-state index in [4.69, 9.17) is 0 Å². The van der Waals surface area contributed by atoms with Crippen LogP contribution in [0.1, 0.15) is 39.5 Å². The smallest absolute Gasteiger partial charge is 0.227 e. The lowest BCUT2D eigenvalue weighted by Gasteiger charge is -2.34. The third-order valence-corrected chi connectivity index (χ3v) is 3.90. The van der Waals surface area contributed by atoms with E-state index in [0.717, 1.165) is 57.8 Å². The second-order valence-corrected chi connectivity index (χ2v) is 5.66. The number of nitrogens with zero attached hydrogens (tertiary/aromatic N) is 4. The van der Waals surface area contributed by atoms with Crippen molar-refractivity contribution in [3.05, 3.63) is 18.5 Å². The lowest BCUT2D eigenvalue weighted by Crippen LogP contribution is -2.45. The summed E-state index contributed by atoms with van der Waals surface area (Å²) >= 11 is 0. The van der Waals surface area contributed by atoms with Gasteiger partial charge in [0.05, 0.1) is 5.92 Å². The van der Waals surface area contributed by atoms with Gasteiger partial charge in [-0.2, -0.15) is 0 Å². The number of rotatable bonds is 6. The van der Waals surface area contributed by atoms with Gasteiger partial charge in [-0.15, -0.1) is 0 Å². The summed E-state index contributed by atoms with van der Waals surface area (Å²) in [6, 6.07) is 1.82. The largest absolute Gasteiger partial charge is 0.342 e. The molecule has 0 radical (unpaired) electrons. The average Bonchev–Trinajstić information content (AvgIpc) is 2.55. The summed E-state index contributed by atoms with van der Waals surface area (Å²) < 4.78 is 0. The van der Waals surface area contributed by atoms with E-state index in [-0.39, 0.29) is 5.92 Å². The second-order valence-electron chi connectivity index (χ2n) is 5.66. The molecule has 5 nitrogen and oxygen atoms in total. The fraction of sp³-hybridized carbons (Fsp3) is 0.688. The van der Waals surface area contributed by atoms with Gasteiger partial charge in [0.1, 0.15) is 0 Å². The molecule has 1 unspecified atom stereocenters. The monoisotopic (exact) mass is 290 g/mol. The number of carbonyl (C=O) groups is 1. The Kier molecular flexibility index (Phi) is 5.96. The zero-order valence-corrected chi connectivity index (χ0v) is 13.2. The highest BCUT2D eigenvalue weighted by molar-refractivity contribution is 5.79. The van der Waals surface area contributed by atoms with Crippen molar-refractivity contribution in [1.29, 1.82) is 0 Å². The molecule has 1 aliphatic heterocycles. The molecule has 1 saturated heterocycles. The van der Waals surface area contributed by atoms with E-state index in [0.29, 0.717) is 5.91 Å². The van der Waals surface area contributed by atoms with Crippen LogP contribution in [0.2, 0.25) is 0 Å². The predicted molar refractivity (Wildman–Crippen MR) is 84.1 cm³/mol. The highest BCUT2D eigenvalue weighted by atomic mass is 16.2. The number of anilines is 1. The molecular weight excluding hydrogens is 264 g/mol. The number of hydrogen-bond acceptors (Lipinski definition) is 4. The summed E-state index contributed by atoms with van der Waals surface area (Å²) in [4.78, 5) is 25.5. The fourth-order valence-corrected chi connectivity index (χ4v) is 2.95. The normalized spacial score (nSPS) is 18.6. The Morgan fingerprint density at radius 1 is 1.29 bits per heavy atom. The summed E-state index contributed by atoms with van der Waals surface area (Å²) in [6.45, 7) is 7.67. The van der Waals surface area contributed by atoms with Crippen LogP contribution in [0.25, 0.3) is 0 Å². The van der Waals surface area contributed by atoms with Gasteiger partial charge in [0.25, 0.3) is 0 Å². The van der Waals surface area contributed by atoms with Crippen molar-refractivity contribution in [1.82, 2.24) is 14.9 Å². The Bertz CT molecular complexity index is 431. The maximum atomic E-state index is 12.7. The van der Waals surface area contributed by atoms with Gasteiger partial charge >= 0.3 is 0 Å². The minimum absolute atomic E-state index is 0.0839. The van der Waals surface area contributed by atoms with Crippen molar-refractivity contribution >= 4 is 11.9 Å². The highest BCUT2D eigenvalue weighted by Gasteiger charge is 2.29. The topological polar surface area (TPSA) is 49.3 Å². The lowest BCUT2D eigenvalue weighted by atomic mass is 9.96. The van der Waals surface area contributed by atoms with Crippen LogP contribution in [0.5, 0.6) is 0 Å². The third-order valence-electron chi connectivity index (χ3n) is 3.90. The number of piperidine rings is 1. The van der Waals surface area contributed by atoms with Crippen LogP contribution in [0.4, 0.5) is 5.95 Å². The first-order valence-corrected chi connectivity index (χ1v) is 8.07. The first kappa shape index (κ1) is 15.7. The molecule has 0 aliphatic carbocycles. The van der Waals surface area contributed by atoms with Crippen molar-refractivity contribution in [2.24, 2.45) is 5.92 Å². The van der Waals surface area contributed by atoms with Crippen molar-refractivity contribution in [2.75, 3.05) is 31.1 Å². The zero-order chi connectivity index (χ0) is 15.1. The number of hydrogen-bond donors (Lipinski definition) is 0. The fourth-order valence-electron chi connectivity index (χ4n) is 2.95. The molecule has 1 aromatic rings. The summed E-state index contributed by atoms with van der Waals surface area (Å²) in [5.41, 5.74) is 0. The van der Waals surface area contributed by atoms with Crippen molar-refractivity contribution in [3.63, 3.8) is 0 Å². The molecule has 1 amide bonds. The van der Waals surface area contributed by atoms with Crippen LogP contribution in [-0.2, 0) is 4.79 Å². The molecule has 116 valence electrons. The maximum Gasteiger partial charge on any atom is 0.227 e. The van der Waals surface area contributed by atoms with E-state index in [1.54, 1.807) is 12.4 Å².